The van der Waals surface area contributed by atoms with Gasteiger partial charge in [0, 0.05) is 24.3 Å². The number of aliphatic hydroxyl groups is 3. The van der Waals surface area contributed by atoms with E-state index in [1.807, 2.05) is 6.92 Å². The molecule has 4 N–H and O–H groups in total. The van der Waals surface area contributed by atoms with Crippen LogP contribution in [-0.2, 0) is 23.8 Å². The van der Waals surface area contributed by atoms with Gasteiger partial charge in [0.25, 0.3) is 0 Å². The molecule has 2 aliphatic rings. The molecular weight excluding hydrogens is 456 g/mol. The van der Waals surface area contributed by atoms with Gasteiger partial charge in [-0.3, -0.25) is 4.79 Å². The first-order chi connectivity index (χ1) is 16.6. The van der Waals surface area contributed by atoms with Gasteiger partial charge in [-0.05, 0) is 39.5 Å². The van der Waals surface area contributed by atoms with Gasteiger partial charge < -0.3 is 34.6 Å². The van der Waals surface area contributed by atoms with Crippen molar-refractivity contribution in [3.63, 3.8) is 0 Å². The minimum atomic E-state index is -1.06. The van der Waals surface area contributed by atoms with Crippen molar-refractivity contribution in [1.82, 2.24) is 0 Å². The first kappa shape index (κ1) is 29.7. The van der Waals surface area contributed by atoms with E-state index in [9.17, 15) is 24.9 Å². The molecule has 0 radical (unpaired) electrons. The number of epoxide rings is 1. The fraction of sp³-hybridized carbons (Fsp3) is 0.846. The second-order valence-electron chi connectivity index (χ2n) is 10.2. The number of rotatable bonds is 16. The molecule has 0 aromatic rings. The first-order valence-corrected chi connectivity index (χ1v) is 13.0. The van der Waals surface area contributed by atoms with E-state index in [2.05, 4.69) is 0 Å². The Balaban J connectivity index is 1.62. The minimum Gasteiger partial charge on any atom is -0.481 e. The lowest BCUT2D eigenvalue weighted by Gasteiger charge is -2.38. The van der Waals surface area contributed by atoms with Crippen LogP contribution in [0, 0.1) is 11.8 Å². The molecule has 8 atom stereocenters. The third kappa shape index (κ3) is 10.6. The molecule has 0 spiro atoms. The number of hydrogen-bond donors (Lipinski definition) is 4. The van der Waals surface area contributed by atoms with Gasteiger partial charge in [-0.15, -0.1) is 0 Å². The summed E-state index contributed by atoms with van der Waals surface area (Å²) < 4.78 is 16.7. The van der Waals surface area contributed by atoms with Crippen molar-refractivity contribution in [1.29, 1.82) is 0 Å². The molecule has 2 aliphatic heterocycles. The molecule has 2 heterocycles. The highest BCUT2D eigenvalue weighted by Crippen LogP contribution is 2.38. The van der Waals surface area contributed by atoms with Crippen molar-refractivity contribution in [3.05, 3.63) is 11.6 Å². The van der Waals surface area contributed by atoms with Crippen molar-refractivity contribution < 1.29 is 44.2 Å². The maximum atomic E-state index is 12.1. The monoisotopic (exact) mass is 500 g/mol. The Hall–Kier alpha value is -1.52. The summed E-state index contributed by atoms with van der Waals surface area (Å²) in [7, 11) is 0. The van der Waals surface area contributed by atoms with E-state index in [0.717, 1.165) is 32.1 Å². The fourth-order valence-corrected chi connectivity index (χ4v) is 4.59. The summed E-state index contributed by atoms with van der Waals surface area (Å²) >= 11 is 0. The Morgan fingerprint density at radius 1 is 1.03 bits per heavy atom. The zero-order valence-electron chi connectivity index (χ0n) is 21.3. The molecule has 202 valence electrons. The summed E-state index contributed by atoms with van der Waals surface area (Å²) in [5.74, 6) is -1.42. The fourth-order valence-electron chi connectivity index (χ4n) is 4.59. The molecule has 0 bridgehead atoms. The van der Waals surface area contributed by atoms with Gasteiger partial charge in [0.1, 0.15) is 6.10 Å². The lowest BCUT2D eigenvalue weighted by Crippen LogP contribution is -2.50. The minimum absolute atomic E-state index is 0.0160. The smallest absolute Gasteiger partial charge is 0.330 e. The quantitative estimate of drug-likeness (QED) is 0.109. The summed E-state index contributed by atoms with van der Waals surface area (Å²) in [5.41, 5.74) is 0.708. The van der Waals surface area contributed by atoms with Crippen LogP contribution in [0.5, 0.6) is 0 Å². The van der Waals surface area contributed by atoms with Gasteiger partial charge in [-0.25, -0.2) is 4.79 Å². The van der Waals surface area contributed by atoms with E-state index in [1.54, 1.807) is 13.8 Å². The maximum absolute atomic E-state index is 12.1. The molecule has 0 aromatic carbocycles. The predicted octanol–water partition coefficient (Wildman–Crippen LogP) is 2.59. The molecule has 9 heteroatoms. The Morgan fingerprint density at radius 2 is 1.69 bits per heavy atom. The van der Waals surface area contributed by atoms with Crippen LogP contribution < -0.4 is 0 Å². The molecule has 0 amide bonds. The Kier molecular flexibility index (Phi) is 12.6. The SMILES string of the molecule is CC(=CC(=O)OCCCCCCCCC(=O)O)CC1OC[C@H](C[C@@H]2O[C@H]2[C@@H](C)[C@H](C)O)[C@@H](O)[C@H]1O. The van der Waals surface area contributed by atoms with Crippen LogP contribution in [0.1, 0.15) is 78.6 Å². The third-order valence-corrected chi connectivity index (χ3v) is 7.09. The number of aliphatic carboxylic acids is 1. The second-order valence-corrected chi connectivity index (χ2v) is 10.2. The number of carboxylic acids is 1. The van der Waals surface area contributed by atoms with Gasteiger partial charge in [0.05, 0.1) is 43.7 Å². The molecule has 35 heavy (non-hydrogen) atoms. The number of hydrogen-bond acceptors (Lipinski definition) is 8. The van der Waals surface area contributed by atoms with Crippen LogP contribution in [0.3, 0.4) is 0 Å². The number of carboxylic acid groups (broad SMARTS) is 1. The van der Waals surface area contributed by atoms with Gasteiger partial charge in [0.15, 0.2) is 0 Å². The lowest BCUT2D eigenvalue weighted by molar-refractivity contribution is -0.165. The second kappa shape index (κ2) is 14.9. The Morgan fingerprint density at radius 3 is 2.34 bits per heavy atom. The first-order valence-electron chi connectivity index (χ1n) is 13.0. The summed E-state index contributed by atoms with van der Waals surface area (Å²) in [6, 6.07) is 0. The van der Waals surface area contributed by atoms with E-state index in [-0.39, 0.29) is 30.5 Å². The molecule has 2 saturated heterocycles. The van der Waals surface area contributed by atoms with Gasteiger partial charge >= 0.3 is 11.9 Å². The maximum Gasteiger partial charge on any atom is 0.330 e. The highest BCUT2D eigenvalue weighted by molar-refractivity contribution is 5.82. The van der Waals surface area contributed by atoms with Gasteiger partial charge in [-0.1, -0.05) is 38.2 Å². The van der Waals surface area contributed by atoms with Crippen molar-refractivity contribution in [3.8, 4) is 0 Å². The highest BCUT2D eigenvalue weighted by Gasteiger charge is 2.48. The Labute approximate surface area is 208 Å². The molecule has 1 unspecified atom stereocenters. The van der Waals surface area contributed by atoms with E-state index in [0.29, 0.717) is 38.0 Å². The van der Waals surface area contributed by atoms with Crippen molar-refractivity contribution >= 4 is 11.9 Å². The normalized spacial score (nSPS) is 30.5. The van der Waals surface area contributed by atoms with Crippen molar-refractivity contribution in [2.24, 2.45) is 11.8 Å². The van der Waals surface area contributed by atoms with E-state index < -0.39 is 36.4 Å². The number of unbranched alkanes of at least 4 members (excludes halogenated alkanes) is 5. The van der Waals surface area contributed by atoms with E-state index in [4.69, 9.17) is 19.3 Å². The highest BCUT2D eigenvalue weighted by atomic mass is 16.6. The molecular formula is C26H44O9. The summed E-state index contributed by atoms with van der Waals surface area (Å²) in [6.45, 7) is 6.07. The van der Waals surface area contributed by atoms with Crippen LogP contribution in [0.15, 0.2) is 11.6 Å². The zero-order valence-corrected chi connectivity index (χ0v) is 21.3. The van der Waals surface area contributed by atoms with Crippen LogP contribution in [0.4, 0.5) is 0 Å². The van der Waals surface area contributed by atoms with Crippen LogP contribution in [0.2, 0.25) is 0 Å². The largest absolute Gasteiger partial charge is 0.481 e. The molecule has 2 fully saturated rings. The van der Waals surface area contributed by atoms with Crippen molar-refractivity contribution in [2.75, 3.05) is 13.2 Å². The van der Waals surface area contributed by atoms with E-state index >= 15 is 0 Å². The summed E-state index contributed by atoms with van der Waals surface area (Å²) in [6.07, 6.45) is 4.61. The van der Waals surface area contributed by atoms with E-state index in [1.165, 1.54) is 6.08 Å². The number of carbonyl (C=O) groups is 2. The number of ether oxygens (including phenoxy) is 3. The standard InChI is InChI=1S/C26H44O9/c1-16(13-23(30)33-11-9-7-5-4-6-8-10-22(28)29)12-20-25(32)24(31)19(15-34-20)14-21-26(35-21)17(2)18(3)27/h13,17-21,24-27,31-32H,4-12,14-15H2,1-3H3,(H,28,29)/t17-,18-,19-,20?,21-,24+,25-,26-/m0/s1. The molecule has 0 saturated carbocycles. The molecule has 9 nitrogen and oxygen atoms in total. The molecule has 2 rings (SSSR count). The van der Waals surface area contributed by atoms with Crippen LogP contribution in [-0.4, -0.2) is 82.2 Å². The zero-order chi connectivity index (χ0) is 26.0. The predicted molar refractivity (Wildman–Crippen MR) is 129 cm³/mol. The summed E-state index contributed by atoms with van der Waals surface area (Å²) in [4.78, 5) is 22.5. The lowest BCUT2D eigenvalue weighted by atomic mass is 9.85. The van der Waals surface area contributed by atoms with Crippen LogP contribution >= 0.6 is 0 Å². The number of aliphatic hydroxyl groups excluding tert-OH is 3. The summed E-state index contributed by atoms with van der Waals surface area (Å²) in [5, 5.41) is 39.5. The third-order valence-electron chi connectivity index (χ3n) is 7.09. The molecule has 0 aliphatic carbocycles. The average molecular weight is 501 g/mol. The van der Waals surface area contributed by atoms with Crippen LogP contribution in [0.25, 0.3) is 0 Å². The van der Waals surface area contributed by atoms with Gasteiger partial charge in [0.2, 0.25) is 0 Å². The Bertz CT molecular complexity index is 692. The average Bonchev–Trinajstić information content (AvgIpc) is 3.55. The number of carbonyl (C=O) groups excluding carboxylic acids is 1. The topological polar surface area (TPSA) is 146 Å². The molecule has 0 aromatic heterocycles. The van der Waals surface area contributed by atoms with Crippen molar-refractivity contribution in [2.45, 2.75) is 115 Å². The van der Waals surface area contributed by atoms with Gasteiger partial charge in [-0.2, -0.15) is 0 Å². The number of esters is 1.